The maximum absolute atomic E-state index is 4.09. The van der Waals surface area contributed by atoms with Crippen molar-refractivity contribution >= 4 is 16.5 Å². The Labute approximate surface area is 75.6 Å². The Morgan fingerprint density at radius 1 is 1.50 bits per heavy atom. The second-order valence-corrected chi connectivity index (χ2v) is 4.19. The normalized spacial score (nSPS) is 17.5. The van der Waals surface area contributed by atoms with Crippen molar-refractivity contribution in [1.82, 2.24) is 15.5 Å². The molecule has 0 aromatic carbocycles. The molecule has 2 heterocycles. The zero-order chi connectivity index (χ0) is 8.55. The Hall–Kier alpha value is -0.680. The molecule has 12 heavy (non-hydrogen) atoms. The number of nitrogens with zero attached hydrogens (tertiary/aromatic N) is 3. The van der Waals surface area contributed by atoms with Crippen molar-refractivity contribution in [3.05, 3.63) is 5.01 Å². The second kappa shape index (κ2) is 2.99. The van der Waals surface area contributed by atoms with Gasteiger partial charge in [-0.25, -0.2) is 0 Å². The van der Waals surface area contributed by atoms with Gasteiger partial charge in [0.25, 0.3) is 0 Å². The lowest BCUT2D eigenvalue weighted by Crippen LogP contribution is -2.56. The zero-order valence-corrected chi connectivity index (χ0v) is 8.06. The van der Waals surface area contributed by atoms with Crippen LogP contribution in [0.15, 0.2) is 0 Å². The lowest BCUT2D eigenvalue weighted by Gasteiger charge is -2.35. The molecule has 1 N–H and O–H groups in total. The number of likely N-dealkylation sites (N-methyl/N-ethyl adjacent to an activating group) is 1. The number of aromatic nitrogens is 2. The highest BCUT2D eigenvalue weighted by atomic mass is 32.1. The lowest BCUT2D eigenvalue weighted by atomic mass is 10.2. The van der Waals surface area contributed by atoms with Crippen LogP contribution < -0.4 is 10.2 Å². The molecule has 0 spiro atoms. The van der Waals surface area contributed by atoms with Crippen molar-refractivity contribution in [2.24, 2.45) is 0 Å². The van der Waals surface area contributed by atoms with Crippen LogP contribution in [0.1, 0.15) is 5.01 Å². The van der Waals surface area contributed by atoms with Crippen LogP contribution in [0.5, 0.6) is 0 Å². The van der Waals surface area contributed by atoms with Gasteiger partial charge in [-0.3, -0.25) is 0 Å². The molecule has 0 amide bonds. The van der Waals surface area contributed by atoms with Crippen molar-refractivity contribution in [2.75, 3.05) is 25.0 Å². The first-order valence-corrected chi connectivity index (χ1v) is 4.82. The summed E-state index contributed by atoms with van der Waals surface area (Å²) >= 11 is 1.65. The van der Waals surface area contributed by atoms with Gasteiger partial charge in [-0.15, -0.1) is 10.2 Å². The van der Waals surface area contributed by atoms with Crippen molar-refractivity contribution < 1.29 is 0 Å². The predicted molar refractivity (Wildman–Crippen MR) is 49.7 cm³/mol. The number of nitrogens with one attached hydrogen (secondary N) is 1. The van der Waals surface area contributed by atoms with Gasteiger partial charge in [-0.05, 0) is 6.92 Å². The van der Waals surface area contributed by atoms with Crippen LogP contribution in [0.2, 0.25) is 0 Å². The van der Waals surface area contributed by atoms with E-state index >= 15 is 0 Å². The summed E-state index contributed by atoms with van der Waals surface area (Å²) in [7, 11) is 2.07. The standard InChI is InChI=1S/C7H12N4S/c1-5-9-10-7(12-5)11(2)6-3-8-4-6/h6,8H,3-4H2,1-2H3. The van der Waals surface area contributed by atoms with Crippen molar-refractivity contribution in [3.63, 3.8) is 0 Å². The number of aryl methyl sites for hydroxylation is 1. The summed E-state index contributed by atoms with van der Waals surface area (Å²) in [6.07, 6.45) is 0. The van der Waals surface area contributed by atoms with E-state index in [2.05, 4.69) is 27.5 Å². The molecule has 0 bridgehead atoms. The minimum atomic E-state index is 0.609. The third-order valence-electron chi connectivity index (χ3n) is 2.12. The average Bonchev–Trinajstić information content (AvgIpc) is 2.31. The SMILES string of the molecule is Cc1nnc(N(C)C2CNC2)s1. The van der Waals surface area contributed by atoms with Gasteiger partial charge < -0.3 is 10.2 Å². The first kappa shape index (κ1) is 7.94. The molecule has 4 nitrogen and oxygen atoms in total. The quantitative estimate of drug-likeness (QED) is 0.715. The van der Waals surface area contributed by atoms with E-state index in [4.69, 9.17) is 0 Å². The molecule has 0 radical (unpaired) electrons. The minimum Gasteiger partial charge on any atom is -0.344 e. The van der Waals surface area contributed by atoms with Gasteiger partial charge in [0, 0.05) is 20.1 Å². The summed E-state index contributed by atoms with van der Waals surface area (Å²) in [5.74, 6) is 0. The molecule has 2 rings (SSSR count). The summed E-state index contributed by atoms with van der Waals surface area (Å²) < 4.78 is 0. The van der Waals surface area contributed by atoms with E-state index in [1.165, 1.54) is 0 Å². The molecule has 0 saturated carbocycles. The van der Waals surface area contributed by atoms with Gasteiger partial charge in [-0.2, -0.15) is 0 Å². The van der Waals surface area contributed by atoms with Crippen LogP contribution in [0.4, 0.5) is 5.13 Å². The van der Waals surface area contributed by atoms with Crippen LogP contribution in [-0.2, 0) is 0 Å². The number of rotatable bonds is 2. The van der Waals surface area contributed by atoms with E-state index in [1.54, 1.807) is 11.3 Å². The Kier molecular flexibility index (Phi) is 1.98. The monoisotopic (exact) mass is 184 g/mol. The molecule has 66 valence electrons. The Morgan fingerprint density at radius 2 is 2.25 bits per heavy atom. The van der Waals surface area contributed by atoms with E-state index < -0.39 is 0 Å². The number of hydrogen-bond donors (Lipinski definition) is 1. The molecular weight excluding hydrogens is 172 g/mol. The molecule has 1 aliphatic heterocycles. The maximum atomic E-state index is 4.09. The third-order valence-corrected chi connectivity index (χ3v) is 3.05. The van der Waals surface area contributed by atoms with Gasteiger partial charge in [0.1, 0.15) is 5.01 Å². The molecular formula is C7H12N4S. The van der Waals surface area contributed by atoms with Crippen molar-refractivity contribution in [3.8, 4) is 0 Å². The minimum absolute atomic E-state index is 0.609. The maximum Gasteiger partial charge on any atom is 0.208 e. The number of anilines is 1. The molecule has 1 aromatic heterocycles. The summed E-state index contributed by atoms with van der Waals surface area (Å²) in [6.45, 7) is 4.11. The van der Waals surface area contributed by atoms with Crippen LogP contribution in [0, 0.1) is 6.92 Å². The lowest BCUT2D eigenvalue weighted by molar-refractivity contribution is 0.428. The smallest absolute Gasteiger partial charge is 0.208 e. The molecule has 1 saturated heterocycles. The third kappa shape index (κ3) is 1.30. The molecule has 5 heteroatoms. The van der Waals surface area contributed by atoms with Gasteiger partial charge in [0.05, 0.1) is 6.04 Å². The second-order valence-electron chi connectivity index (χ2n) is 3.03. The molecule has 0 atom stereocenters. The topological polar surface area (TPSA) is 41.1 Å². The average molecular weight is 184 g/mol. The van der Waals surface area contributed by atoms with Crippen LogP contribution in [0.3, 0.4) is 0 Å². The van der Waals surface area contributed by atoms with Crippen LogP contribution >= 0.6 is 11.3 Å². The van der Waals surface area contributed by atoms with Crippen LogP contribution in [-0.4, -0.2) is 36.4 Å². The van der Waals surface area contributed by atoms with E-state index in [-0.39, 0.29) is 0 Å². The zero-order valence-electron chi connectivity index (χ0n) is 7.24. The van der Waals surface area contributed by atoms with E-state index in [0.717, 1.165) is 23.2 Å². The first-order valence-electron chi connectivity index (χ1n) is 4.01. The predicted octanol–water partition coefficient (Wildman–Crippen LogP) is 0.255. The summed E-state index contributed by atoms with van der Waals surface area (Å²) in [6, 6.07) is 0.609. The van der Waals surface area contributed by atoms with E-state index in [1.807, 2.05) is 6.92 Å². The largest absolute Gasteiger partial charge is 0.344 e. The Balaban J connectivity index is 2.08. The molecule has 1 fully saturated rings. The molecule has 1 aromatic rings. The number of hydrogen-bond acceptors (Lipinski definition) is 5. The van der Waals surface area contributed by atoms with E-state index in [9.17, 15) is 0 Å². The highest BCUT2D eigenvalue weighted by Crippen LogP contribution is 2.20. The Bertz CT molecular complexity index is 268. The van der Waals surface area contributed by atoms with Crippen molar-refractivity contribution in [2.45, 2.75) is 13.0 Å². The molecule has 0 aliphatic carbocycles. The molecule has 0 unspecified atom stereocenters. The fourth-order valence-electron chi connectivity index (χ4n) is 1.13. The first-order chi connectivity index (χ1) is 5.77. The highest BCUT2D eigenvalue weighted by molar-refractivity contribution is 7.15. The summed E-state index contributed by atoms with van der Waals surface area (Å²) in [5.41, 5.74) is 0. The Morgan fingerprint density at radius 3 is 2.67 bits per heavy atom. The summed E-state index contributed by atoms with van der Waals surface area (Å²) in [5, 5.41) is 13.4. The van der Waals surface area contributed by atoms with Gasteiger partial charge in [-0.1, -0.05) is 11.3 Å². The van der Waals surface area contributed by atoms with E-state index in [0.29, 0.717) is 6.04 Å². The van der Waals surface area contributed by atoms with Crippen molar-refractivity contribution in [1.29, 1.82) is 0 Å². The summed E-state index contributed by atoms with van der Waals surface area (Å²) in [4.78, 5) is 2.20. The molecule has 1 aliphatic rings. The van der Waals surface area contributed by atoms with Crippen LogP contribution in [0.25, 0.3) is 0 Å². The van der Waals surface area contributed by atoms with Gasteiger partial charge in [0.2, 0.25) is 5.13 Å². The van der Waals surface area contributed by atoms with Gasteiger partial charge in [0.15, 0.2) is 0 Å². The highest BCUT2D eigenvalue weighted by Gasteiger charge is 2.23. The fourth-order valence-corrected chi connectivity index (χ4v) is 1.85. The van der Waals surface area contributed by atoms with Gasteiger partial charge >= 0.3 is 0 Å². The fraction of sp³-hybridized carbons (Fsp3) is 0.714.